The van der Waals surface area contributed by atoms with Crippen molar-refractivity contribution >= 4 is 21.6 Å². The van der Waals surface area contributed by atoms with E-state index in [1.54, 1.807) is 19.4 Å². The van der Waals surface area contributed by atoms with Crippen LogP contribution in [0.15, 0.2) is 16.9 Å². The minimum Gasteiger partial charge on any atom is -0.258 e. The fraction of sp³-hybridized carbons (Fsp3) is 0.333. The molecule has 0 atom stereocenters. The van der Waals surface area contributed by atoms with Gasteiger partial charge in [-0.25, -0.2) is 9.36 Å². The number of nitrogens with zero attached hydrogens (tertiary/aromatic N) is 5. The Bertz CT molecular complexity index is 574. The highest BCUT2D eigenvalue weighted by atomic mass is 79.9. The van der Waals surface area contributed by atoms with Gasteiger partial charge in [-0.2, -0.15) is 10.2 Å². The fourth-order valence-corrected chi connectivity index (χ4v) is 1.94. The van der Waals surface area contributed by atoms with E-state index in [0.29, 0.717) is 17.9 Å². The Morgan fingerprint density at radius 3 is 2.76 bits per heavy atom. The van der Waals surface area contributed by atoms with Crippen molar-refractivity contribution in [2.75, 3.05) is 0 Å². The molecule has 0 spiro atoms. The summed E-state index contributed by atoms with van der Waals surface area (Å²) in [7, 11) is 1.66. The molecule has 7 nitrogen and oxygen atoms in total. The van der Waals surface area contributed by atoms with Gasteiger partial charge in [-0.05, 0) is 22.4 Å². The molecule has 17 heavy (non-hydrogen) atoms. The SMILES string of the molecule is CCc1nn(C)c(-n2cc(Br)cn2)c1[N+](=O)[O-]. The summed E-state index contributed by atoms with van der Waals surface area (Å²) >= 11 is 3.26. The van der Waals surface area contributed by atoms with Gasteiger partial charge in [0, 0.05) is 13.2 Å². The molecule has 2 heterocycles. The van der Waals surface area contributed by atoms with E-state index >= 15 is 0 Å². The van der Waals surface area contributed by atoms with E-state index in [-0.39, 0.29) is 5.69 Å². The zero-order valence-electron chi connectivity index (χ0n) is 9.29. The minimum absolute atomic E-state index is 0.00519. The van der Waals surface area contributed by atoms with Gasteiger partial charge >= 0.3 is 5.69 Å². The molecular formula is C9H10BrN5O2. The third kappa shape index (κ3) is 1.95. The number of rotatable bonds is 3. The number of hydrogen-bond acceptors (Lipinski definition) is 4. The van der Waals surface area contributed by atoms with Gasteiger partial charge in [0.15, 0.2) is 0 Å². The second-order valence-corrected chi connectivity index (χ2v) is 4.37. The first-order chi connectivity index (χ1) is 8.04. The third-order valence-corrected chi connectivity index (χ3v) is 2.76. The minimum atomic E-state index is -0.420. The molecular weight excluding hydrogens is 290 g/mol. The maximum atomic E-state index is 11.1. The molecule has 0 aromatic carbocycles. The molecule has 0 aliphatic rings. The molecule has 0 saturated carbocycles. The summed E-state index contributed by atoms with van der Waals surface area (Å²) in [5, 5.41) is 19.3. The average molecular weight is 300 g/mol. The second kappa shape index (κ2) is 4.28. The van der Waals surface area contributed by atoms with E-state index < -0.39 is 4.92 Å². The first kappa shape index (κ1) is 11.8. The Kier molecular flexibility index (Phi) is 2.97. The van der Waals surface area contributed by atoms with Crippen molar-refractivity contribution in [2.45, 2.75) is 13.3 Å². The van der Waals surface area contributed by atoms with Crippen molar-refractivity contribution in [1.82, 2.24) is 19.6 Å². The summed E-state index contributed by atoms with van der Waals surface area (Å²) in [5.74, 6) is 0.359. The van der Waals surface area contributed by atoms with Crippen LogP contribution in [0.2, 0.25) is 0 Å². The van der Waals surface area contributed by atoms with E-state index in [1.165, 1.54) is 9.36 Å². The quantitative estimate of drug-likeness (QED) is 0.640. The normalized spacial score (nSPS) is 10.8. The standard InChI is InChI=1S/C9H10BrN5O2/c1-3-7-8(15(16)17)9(13(2)12-7)14-5-6(10)4-11-14/h4-5H,3H2,1-2H3. The van der Waals surface area contributed by atoms with E-state index in [4.69, 9.17) is 0 Å². The van der Waals surface area contributed by atoms with Crippen LogP contribution in [0.3, 0.4) is 0 Å². The van der Waals surface area contributed by atoms with Crippen molar-refractivity contribution in [1.29, 1.82) is 0 Å². The monoisotopic (exact) mass is 299 g/mol. The predicted molar refractivity (Wildman–Crippen MR) is 64.1 cm³/mol. The molecule has 2 aromatic heterocycles. The zero-order chi connectivity index (χ0) is 12.6. The molecule has 0 N–H and O–H groups in total. The molecule has 0 radical (unpaired) electrons. The first-order valence-corrected chi connectivity index (χ1v) is 5.74. The van der Waals surface area contributed by atoms with Crippen molar-refractivity contribution in [3.8, 4) is 5.82 Å². The Morgan fingerprint density at radius 1 is 1.59 bits per heavy atom. The Morgan fingerprint density at radius 2 is 2.29 bits per heavy atom. The van der Waals surface area contributed by atoms with Crippen molar-refractivity contribution in [3.63, 3.8) is 0 Å². The summed E-state index contributed by atoms with van der Waals surface area (Å²) in [5.41, 5.74) is 0.463. The lowest BCUT2D eigenvalue weighted by molar-refractivity contribution is -0.385. The van der Waals surface area contributed by atoms with E-state index in [0.717, 1.165) is 4.47 Å². The van der Waals surface area contributed by atoms with Crippen LogP contribution >= 0.6 is 15.9 Å². The van der Waals surface area contributed by atoms with Crippen LogP contribution in [0.25, 0.3) is 5.82 Å². The summed E-state index contributed by atoms with van der Waals surface area (Å²) in [4.78, 5) is 10.7. The van der Waals surface area contributed by atoms with Crippen molar-refractivity contribution < 1.29 is 4.92 Å². The topological polar surface area (TPSA) is 78.8 Å². The molecule has 90 valence electrons. The van der Waals surface area contributed by atoms with E-state index in [1.807, 2.05) is 6.92 Å². The third-order valence-electron chi connectivity index (χ3n) is 2.35. The molecule has 2 aromatic rings. The van der Waals surface area contributed by atoms with Gasteiger partial charge in [0.1, 0.15) is 5.69 Å². The number of nitro groups is 1. The Labute approximate surface area is 105 Å². The van der Waals surface area contributed by atoms with Crippen molar-refractivity contribution in [3.05, 3.63) is 32.7 Å². The van der Waals surface area contributed by atoms with Crippen LogP contribution < -0.4 is 0 Å². The van der Waals surface area contributed by atoms with Gasteiger partial charge in [0.2, 0.25) is 5.82 Å². The highest BCUT2D eigenvalue weighted by molar-refractivity contribution is 9.10. The van der Waals surface area contributed by atoms with Gasteiger partial charge in [-0.3, -0.25) is 10.1 Å². The smallest absolute Gasteiger partial charge is 0.258 e. The van der Waals surface area contributed by atoms with Gasteiger partial charge in [-0.1, -0.05) is 6.92 Å². The summed E-state index contributed by atoms with van der Waals surface area (Å²) in [6.07, 6.45) is 3.73. The van der Waals surface area contributed by atoms with Crippen LogP contribution in [0.4, 0.5) is 5.69 Å². The lowest BCUT2D eigenvalue weighted by Gasteiger charge is -2.00. The molecule has 0 aliphatic carbocycles. The maximum Gasteiger partial charge on any atom is 0.336 e. The molecule has 0 amide bonds. The van der Waals surface area contributed by atoms with E-state index in [2.05, 4.69) is 26.1 Å². The number of aryl methyl sites for hydroxylation is 2. The zero-order valence-corrected chi connectivity index (χ0v) is 10.9. The lowest BCUT2D eigenvalue weighted by Crippen LogP contribution is -2.05. The van der Waals surface area contributed by atoms with Crippen LogP contribution in [0, 0.1) is 10.1 Å². The second-order valence-electron chi connectivity index (χ2n) is 3.46. The van der Waals surface area contributed by atoms with Crippen LogP contribution in [-0.4, -0.2) is 24.5 Å². The highest BCUT2D eigenvalue weighted by Crippen LogP contribution is 2.27. The first-order valence-electron chi connectivity index (χ1n) is 4.95. The van der Waals surface area contributed by atoms with Gasteiger partial charge in [0.25, 0.3) is 0 Å². The van der Waals surface area contributed by atoms with Crippen LogP contribution in [-0.2, 0) is 13.5 Å². The average Bonchev–Trinajstić information content (AvgIpc) is 2.81. The molecule has 0 fully saturated rings. The van der Waals surface area contributed by atoms with Crippen LogP contribution in [0.1, 0.15) is 12.6 Å². The summed E-state index contributed by atoms with van der Waals surface area (Å²) in [6.45, 7) is 1.83. The fourth-order valence-electron chi connectivity index (χ4n) is 1.66. The summed E-state index contributed by atoms with van der Waals surface area (Å²) < 4.78 is 3.66. The highest BCUT2D eigenvalue weighted by Gasteiger charge is 2.27. The molecule has 0 saturated heterocycles. The van der Waals surface area contributed by atoms with Gasteiger partial charge in [0.05, 0.1) is 15.6 Å². The number of hydrogen-bond donors (Lipinski definition) is 0. The largest absolute Gasteiger partial charge is 0.336 e. The molecule has 8 heteroatoms. The molecule has 0 aliphatic heterocycles. The Hall–Kier alpha value is -1.70. The van der Waals surface area contributed by atoms with Gasteiger partial charge < -0.3 is 0 Å². The summed E-state index contributed by atoms with van der Waals surface area (Å²) in [6, 6.07) is 0. The molecule has 0 unspecified atom stereocenters. The molecule has 2 rings (SSSR count). The Balaban J connectivity index is 2.68. The predicted octanol–water partition coefficient (Wildman–Crippen LogP) is 1.84. The number of aromatic nitrogens is 4. The van der Waals surface area contributed by atoms with Gasteiger partial charge in [-0.15, -0.1) is 0 Å². The number of halogens is 1. The molecule has 0 bridgehead atoms. The van der Waals surface area contributed by atoms with Crippen molar-refractivity contribution in [2.24, 2.45) is 7.05 Å². The van der Waals surface area contributed by atoms with E-state index in [9.17, 15) is 10.1 Å². The maximum absolute atomic E-state index is 11.1. The van der Waals surface area contributed by atoms with Crippen LogP contribution in [0.5, 0.6) is 0 Å². The lowest BCUT2D eigenvalue weighted by atomic mass is 10.3.